The molecule has 0 atom stereocenters. The van der Waals surface area contributed by atoms with E-state index < -0.39 is 25.6 Å². The standard InChI is InChI=1S/C10H8ClF2NO3S/c11-18(16,17)10-6(12)3-4-7(9(10)13)14-5-1-2-8(14)15/h3-4H,1-2,5H2. The predicted octanol–water partition coefficient (Wildman–Crippen LogP) is 2.02. The molecule has 2 rings (SSSR count). The average molecular weight is 296 g/mol. The van der Waals surface area contributed by atoms with Crippen LogP contribution < -0.4 is 4.90 Å². The number of anilines is 1. The van der Waals surface area contributed by atoms with E-state index in [2.05, 4.69) is 0 Å². The third kappa shape index (κ3) is 2.20. The summed E-state index contributed by atoms with van der Waals surface area (Å²) in [7, 11) is 0.423. The summed E-state index contributed by atoms with van der Waals surface area (Å²) in [5, 5.41) is 0. The first-order chi connectivity index (χ1) is 8.32. The lowest BCUT2D eigenvalue weighted by atomic mass is 10.2. The van der Waals surface area contributed by atoms with Crippen molar-refractivity contribution in [2.45, 2.75) is 17.7 Å². The van der Waals surface area contributed by atoms with E-state index in [0.717, 1.165) is 17.0 Å². The van der Waals surface area contributed by atoms with Crippen LogP contribution in [-0.4, -0.2) is 20.9 Å². The molecule has 1 saturated heterocycles. The summed E-state index contributed by atoms with van der Waals surface area (Å²) in [4.78, 5) is 11.3. The van der Waals surface area contributed by atoms with E-state index in [-0.39, 0.29) is 24.6 Å². The first kappa shape index (κ1) is 13.2. The third-order valence-corrected chi connectivity index (χ3v) is 3.96. The van der Waals surface area contributed by atoms with Crippen molar-refractivity contribution in [2.24, 2.45) is 0 Å². The van der Waals surface area contributed by atoms with Gasteiger partial charge in [-0.15, -0.1) is 0 Å². The number of halogens is 3. The zero-order valence-electron chi connectivity index (χ0n) is 8.99. The average Bonchev–Trinajstić information content (AvgIpc) is 2.62. The van der Waals surface area contributed by atoms with Crippen LogP contribution in [-0.2, 0) is 13.8 Å². The first-order valence-corrected chi connectivity index (χ1v) is 7.36. The summed E-state index contributed by atoms with van der Waals surface area (Å²) < 4.78 is 49.5. The van der Waals surface area contributed by atoms with Gasteiger partial charge in [-0.3, -0.25) is 4.79 Å². The molecule has 8 heteroatoms. The van der Waals surface area contributed by atoms with Crippen LogP contribution in [0.15, 0.2) is 17.0 Å². The van der Waals surface area contributed by atoms with E-state index in [4.69, 9.17) is 10.7 Å². The Bertz CT molecular complexity index is 618. The quantitative estimate of drug-likeness (QED) is 0.784. The smallest absolute Gasteiger partial charge is 0.267 e. The first-order valence-electron chi connectivity index (χ1n) is 5.05. The normalized spacial score (nSPS) is 16.4. The van der Waals surface area contributed by atoms with Crippen molar-refractivity contribution in [1.82, 2.24) is 0 Å². The van der Waals surface area contributed by atoms with Gasteiger partial charge < -0.3 is 4.90 Å². The monoisotopic (exact) mass is 295 g/mol. The Morgan fingerprint density at radius 2 is 1.94 bits per heavy atom. The summed E-state index contributed by atoms with van der Waals surface area (Å²) in [5.41, 5.74) is -0.266. The molecule has 1 aliphatic rings. The lowest BCUT2D eigenvalue weighted by molar-refractivity contribution is -0.117. The van der Waals surface area contributed by atoms with Gasteiger partial charge in [0, 0.05) is 23.6 Å². The molecular weight excluding hydrogens is 288 g/mol. The highest BCUT2D eigenvalue weighted by atomic mass is 35.7. The number of carbonyl (C=O) groups is 1. The molecule has 1 aromatic rings. The molecule has 1 heterocycles. The molecule has 1 fully saturated rings. The van der Waals surface area contributed by atoms with Crippen LogP contribution in [0.4, 0.5) is 14.5 Å². The molecule has 0 radical (unpaired) electrons. The van der Waals surface area contributed by atoms with Gasteiger partial charge >= 0.3 is 0 Å². The Kier molecular flexibility index (Phi) is 3.29. The fourth-order valence-electron chi connectivity index (χ4n) is 1.86. The molecule has 0 spiro atoms. The van der Waals surface area contributed by atoms with E-state index in [1.165, 1.54) is 0 Å². The minimum atomic E-state index is -4.55. The topological polar surface area (TPSA) is 54.5 Å². The van der Waals surface area contributed by atoms with E-state index in [0.29, 0.717) is 6.42 Å². The van der Waals surface area contributed by atoms with Crippen molar-refractivity contribution in [3.05, 3.63) is 23.8 Å². The van der Waals surface area contributed by atoms with Gasteiger partial charge in [-0.25, -0.2) is 17.2 Å². The summed E-state index contributed by atoms with van der Waals surface area (Å²) >= 11 is 0. The van der Waals surface area contributed by atoms with Crippen molar-refractivity contribution < 1.29 is 22.0 Å². The maximum atomic E-state index is 14.0. The Hall–Kier alpha value is -1.21. The molecule has 4 nitrogen and oxygen atoms in total. The summed E-state index contributed by atoms with van der Waals surface area (Å²) in [6.45, 7) is 0.267. The van der Waals surface area contributed by atoms with Crippen molar-refractivity contribution in [2.75, 3.05) is 11.4 Å². The lowest BCUT2D eigenvalue weighted by Gasteiger charge is -2.17. The zero-order valence-corrected chi connectivity index (χ0v) is 10.6. The zero-order chi connectivity index (χ0) is 13.5. The Labute approximate surface area is 107 Å². The second-order valence-corrected chi connectivity index (χ2v) is 6.30. The maximum Gasteiger partial charge on any atom is 0.267 e. The summed E-state index contributed by atoms with van der Waals surface area (Å²) in [6.07, 6.45) is 0.790. The van der Waals surface area contributed by atoms with Crippen LogP contribution in [0.2, 0.25) is 0 Å². The van der Waals surface area contributed by atoms with E-state index in [1.807, 2.05) is 0 Å². The highest BCUT2D eigenvalue weighted by Crippen LogP contribution is 2.32. The second kappa shape index (κ2) is 4.47. The number of amides is 1. The van der Waals surface area contributed by atoms with E-state index >= 15 is 0 Å². The number of nitrogens with zero attached hydrogens (tertiary/aromatic N) is 1. The third-order valence-electron chi connectivity index (χ3n) is 2.64. The number of hydrogen-bond acceptors (Lipinski definition) is 3. The predicted molar refractivity (Wildman–Crippen MR) is 61.0 cm³/mol. The van der Waals surface area contributed by atoms with E-state index in [1.54, 1.807) is 0 Å². The number of benzene rings is 1. The van der Waals surface area contributed by atoms with Crippen LogP contribution in [0.25, 0.3) is 0 Å². The highest BCUT2D eigenvalue weighted by Gasteiger charge is 2.30. The Morgan fingerprint density at radius 3 is 2.44 bits per heavy atom. The van der Waals surface area contributed by atoms with Gasteiger partial charge in [0.15, 0.2) is 10.7 Å². The second-order valence-electron chi connectivity index (χ2n) is 3.80. The molecule has 98 valence electrons. The van der Waals surface area contributed by atoms with Crippen molar-refractivity contribution in [3.63, 3.8) is 0 Å². The molecule has 0 saturated carbocycles. The molecule has 1 amide bonds. The molecule has 1 aliphatic heterocycles. The molecule has 1 aromatic carbocycles. The van der Waals surface area contributed by atoms with Crippen LogP contribution in [0.3, 0.4) is 0 Å². The summed E-state index contributed by atoms with van der Waals surface area (Å²) in [6, 6.07) is 1.80. The minimum absolute atomic E-state index is 0.250. The van der Waals surface area contributed by atoms with Crippen LogP contribution in [0.5, 0.6) is 0 Å². The van der Waals surface area contributed by atoms with Gasteiger partial charge in [0.1, 0.15) is 5.82 Å². The fraction of sp³-hybridized carbons (Fsp3) is 0.300. The Balaban J connectivity index is 2.62. The van der Waals surface area contributed by atoms with Gasteiger partial charge in [-0.05, 0) is 18.6 Å². The van der Waals surface area contributed by atoms with Gasteiger partial charge in [0.05, 0.1) is 5.69 Å². The molecule has 0 N–H and O–H groups in total. The number of hydrogen-bond donors (Lipinski definition) is 0. The molecule has 18 heavy (non-hydrogen) atoms. The van der Waals surface area contributed by atoms with Gasteiger partial charge in [-0.1, -0.05) is 0 Å². The SMILES string of the molecule is O=C1CCCN1c1ccc(F)c(S(=O)(=O)Cl)c1F. The van der Waals surface area contributed by atoms with Crippen LogP contribution >= 0.6 is 10.7 Å². The number of rotatable bonds is 2. The largest absolute Gasteiger partial charge is 0.310 e. The van der Waals surface area contributed by atoms with Gasteiger partial charge in [0.25, 0.3) is 9.05 Å². The molecule has 0 aromatic heterocycles. The van der Waals surface area contributed by atoms with Crippen molar-refractivity contribution >= 4 is 31.3 Å². The van der Waals surface area contributed by atoms with Crippen molar-refractivity contribution in [1.29, 1.82) is 0 Å². The molecule has 0 bridgehead atoms. The highest BCUT2D eigenvalue weighted by molar-refractivity contribution is 8.13. The molecule has 0 unspecified atom stereocenters. The molecule has 0 aliphatic carbocycles. The maximum absolute atomic E-state index is 14.0. The minimum Gasteiger partial charge on any atom is -0.310 e. The van der Waals surface area contributed by atoms with Crippen LogP contribution in [0, 0.1) is 11.6 Å². The Morgan fingerprint density at radius 1 is 1.28 bits per heavy atom. The molecular formula is C10H8ClF2NO3S. The van der Waals surface area contributed by atoms with Gasteiger partial charge in [0.2, 0.25) is 5.91 Å². The van der Waals surface area contributed by atoms with Crippen LogP contribution in [0.1, 0.15) is 12.8 Å². The summed E-state index contributed by atoms with van der Waals surface area (Å²) in [5.74, 6) is -2.95. The lowest BCUT2D eigenvalue weighted by Crippen LogP contribution is -2.25. The number of carbonyl (C=O) groups excluding carboxylic acids is 1. The van der Waals surface area contributed by atoms with Gasteiger partial charge in [-0.2, -0.15) is 0 Å². The van der Waals surface area contributed by atoms with E-state index in [9.17, 15) is 22.0 Å². The fourth-order valence-corrected chi connectivity index (χ4v) is 2.90. The van der Waals surface area contributed by atoms with Crippen molar-refractivity contribution in [3.8, 4) is 0 Å².